The molecule has 6 heteroatoms. The molecule has 1 amide bonds. The SMILES string of the molecule is CCCCCCCCCCC/C=C/C(O)C(CO)NC(=O)CCCCCCCCCC/C=C\CCCCCCCCCCCCCCOC(=O)CCCCCCCCCCCCCCCCCCCCC. The first-order chi connectivity index (χ1) is 35.0. The maximum absolute atomic E-state index is 12.4. The molecule has 6 nitrogen and oxygen atoms in total. The Hall–Kier alpha value is -1.66. The second-order valence-electron chi connectivity index (χ2n) is 22.1. The van der Waals surface area contributed by atoms with Crippen molar-refractivity contribution in [2.75, 3.05) is 13.2 Å². The van der Waals surface area contributed by atoms with Gasteiger partial charge < -0.3 is 20.3 Å². The average molecular weight is 1000 g/mol. The van der Waals surface area contributed by atoms with E-state index in [1.807, 2.05) is 6.08 Å². The van der Waals surface area contributed by atoms with Gasteiger partial charge in [0.1, 0.15) is 0 Å². The molecular formula is C65H125NO5. The van der Waals surface area contributed by atoms with Crippen LogP contribution in [0.1, 0.15) is 354 Å². The first-order valence-electron chi connectivity index (χ1n) is 32.1. The summed E-state index contributed by atoms with van der Waals surface area (Å²) in [5.74, 6) is -0.0556. The molecule has 0 aromatic heterocycles. The van der Waals surface area contributed by atoms with Gasteiger partial charge in [0.05, 0.1) is 25.4 Å². The number of ether oxygens (including phenoxy) is 1. The van der Waals surface area contributed by atoms with E-state index in [0.29, 0.717) is 19.4 Å². The zero-order chi connectivity index (χ0) is 51.4. The highest BCUT2D eigenvalue weighted by atomic mass is 16.5. The number of carbonyl (C=O) groups excluding carboxylic acids is 2. The molecule has 2 atom stereocenters. The maximum Gasteiger partial charge on any atom is 0.305 e. The number of hydrogen-bond donors (Lipinski definition) is 3. The van der Waals surface area contributed by atoms with Gasteiger partial charge in [-0.1, -0.05) is 308 Å². The van der Waals surface area contributed by atoms with Crippen molar-refractivity contribution in [3.8, 4) is 0 Å². The number of esters is 1. The van der Waals surface area contributed by atoms with Crippen molar-refractivity contribution in [3.63, 3.8) is 0 Å². The van der Waals surface area contributed by atoms with E-state index in [-0.39, 0.29) is 18.5 Å². The van der Waals surface area contributed by atoms with Gasteiger partial charge in [0.25, 0.3) is 0 Å². The number of carbonyl (C=O) groups is 2. The van der Waals surface area contributed by atoms with E-state index in [1.165, 1.54) is 289 Å². The van der Waals surface area contributed by atoms with Crippen LogP contribution in [0.4, 0.5) is 0 Å². The van der Waals surface area contributed by atoms with E-state index in [2.05, 4.69) is 31.3 Å². The summed E-state index contributed by atoms with van der Waals surface area (Å²) >= 11 is 0. The topological polar surface area (TPSA) is 95.9 Å². The van der Waals surface area contributed by atoms with Crippen LogP contribution >= 0.6 is 0 Å². The van der Waals surface area contributed by atoms with Crippen LogP contribution in [0, 0.1) is 0 Å². The minimum Gasteiger partial charge on any atom is -0.466 e. The van der Waals surface area contributed by atoms with Crippen LogP contribution in [-0.2, 0) is 14.3 Å². The molecule has 71 heavy (non-hydrogen) atoms. The van der Waals surface area contributed by atoms with E-state index in [9.17, 15) is 19.8 Å². The zero-order valence-corrected chi connectivity index (χ0v) is 48.0. The summed E-state index contributed by atoms with van der Waals surface area (Å²) in [5.41, 5.74) is 0. The molecule has 2 unspecified atom stereocenters. The molecule has 0 aliphatic carbocycles. The minimum atomic E-state index is -0.845. The normalized spacial score (nSPS) is 12.7. The number of hydrogen-bond acceptors (Lipinski definition) is 5. The standard InChI is InChI=1S/C65H125NO5/c1-3-5-7-9-11-13-15-16-17-18-25-29-32-35-39-43-47-51-55-59-65(70)71-60-56-52-48-44-40-36-33-30-27-24-22-20-19-21-23-26-28-31-34-38-42-46-50-54-58-64(69)66-62(61-67)63(68)57-53-49-45-41-37-14-12-10-8-6-4-2/h21,23,53,57,62-63,67-68H,3-20,22,24-52,54-56,58-61H2,1-2H3,(H,66,69)/b23-21-,57-53+. The van der Waals surface area contributed by atoms with Crippen molar-refractivity contribution >= 4 is 11.9 Å². The first-order valence-corrected chi connectivity index (χ1v) is 32.1. The molecule has 0 aliphatic heterocycles. The van der Waals surface area contributed by atoms with Crippen LogP contribution in [0.3, 0.4) is 0 Å². The lowest BCUT2D eigenvalue weighted by Gasteiger charge is -2.20. The summed E-state index contributed by atoms with van der Waals surface area (Å²) in [7, 11) is 0. The zero-order valence-electron chi connectivity index (χ0n) is 48.0. The van der Waals surface area contributed by atoms with Crippen LogP contribution in [0.5, 0.6) is 0 Å². The molecule has 0 radical (unpaired) electrons. The van der Waals surface area contributed by atoms with Crippen molar-refractivity contribution in [1.29, 1.82) is 0 Å². The Balaban J connectivity index is 3.37. The number of unbranched alkanes of at least 4 members (excludes halogenated alkanes) is 47. The lowest BCUT2D eigenvalue weighted by Crippen LogP contribution is -2.45. The summed E-state index contributed by atoms with van der Waals surface area (Å²) < 4.78 is 5.51. The van der Waals surface area contributed by atoms with Gasteiger partial charge in [-0.05, 0) is 57.8 Å². The Bertz CT molecular complexity index is 1110. The van der Waals surface area contributed by atoms with Gasteiger partial charge in [-0.2, -0.15) is 0 Å². The fourth-order valence-corrected chi connectivity index (χ4v) is 10.0. The third-order valence-corrected chi connectivity index (χ3v) is 15.0. The van der Waals surface area contributed by atoms with Gasteiger partial charge in [-0.15, -0.1) is 0 Å². The third kappa shape index (κ3) is 57.5. The smallest absolute Gasteiger partial charge is 0.305 e. The van der Waals surface area contributed by atoms with Crippen molar-refractivity contribution < 1.29 is 24.5 Å². The van der Waals surface area contributed by atoms with E-state index in [1.54, 1.807) is 6.08 Å². The molecule has 0 aromatic rings. The second-order valence-corrected chi connectivity index (χ2v) is 22.1. The Labute approximate surface area is 443 Å². The second kappa shape index (κ2) is 60.9. The van der Waals surface area contributed by atoms with Crippen molar-refractivity contribution in [1.82, 2.24) is 5.32 Å². The molecule has 0 aliphatic rings. The predicted molar refractivity (Wildman–Crippen MR) is 310 cm³/mol. The Morgan fingerprint density at radius 3 is 1.00 bits per heavy atom. The molecule has 0 bridgehead atoms. The van der Waals surface area contributed by atoms with Crippen LogP contribution in [0.15, 0.2) is 24.3 Å². The van der Waals surface area contributed by atoms with Crippen LogP contribution in [0.25, 0.3) is 0 Å². The number of rotatable bonds is 60. The van der Waals surface area contributed by atoms with E-state index >= 15 is 0 Å². The summed E-state index contributed by atoms with van der Waals surface area (Å²) in [6, 6.07) is -0.629. The van der Waals surface area contributed by atoms with E-state index in [0.717, 1.165) is 38.5 Å². The van der Waals surface area contributed by atoms with Gasteiger partial charge in [-0.3, -0.25) is 9.59 Å². The van der Waals surface area contributed by atoms with E-state index < -0.39 is 12.1 Å². The van der Waals surface area contributed by atoms with Crippen molar-refractivity contribution in [2.45, 2.75) is 366 Å². The number of aliphatic hydroxyl groups excluding tert-OH is 2. The highest BCUT2D eigenvalue weighted by Crippen LogP contribution is 2.18. The Morgan fingerprint density at radius 2 is 0.662 bits per heavy atom. The molecule has 0 saturated heterocycles. The molecule has 0 fully saturated rings. The highest BCUT2D eigenvalue weighted by Gasteiger charge is 2.18. The number of amides is 1. The maximum atomic E-state index is 12.4. The lowest BCUT2D eigenvalue weighted by atomic mass is 10.0. The molecule has 3 N–H and O–H groups in total. The molecule has 0 rings (SSSR count). The highest BCUT2D eigenvalue weighted by molar-refractivity contribution is 5.76. The predicted octanol–water partition coefficient (Wildman–Crippen LogP) is 20.2. The molecule has 420 valence electrons. The molecular weight excluding hydrogens is 875 g/mol. The number of aliphatic hydroxyl groups is 2. The molecule has 0 heterocycles. The van der Waals surface area contributed by atoms with Crippen LogP contribution in [-0.4, -0.2) is 47.4 Å². The van der Waals surface area contributed by atoms with Gasteiger partial charge in [0, 0.05) is 12.8 Å². The van der Waals surface area contributed by atoms with Crippen LogP contribution in [0.2, 0.25) is 0 Å². The van der Waals surface area contributed by atoms with Gasteiger partial charge in [-0.25, -0.2) is 0 Å². The molecule has 0 saturated carbocycles. The summed E-state index contributed by atoms with van der Waals surface area (Å²) in [4.78, 5) is 24.5. The van der Waals surface area contributed by atoms with Crippen molar-refractivity contribution in [3.05, 3.63) is 24.3 Å². The first kappa shape index (κ1) is 69.3. The number of nitrogens with one attached hydrogen (secondary N) is 1. The third-order valence-electron chi connectivity index (χ3n) is 15.0. The summed E-state index contributed by atoms with van der Waals surface area (Å²) in [5, 5.41) is 23.0. The van der Waals surface area contributed by atoms with Crippen LogP contribution < -0.4 is 5.32 Å². The monoisotopic (exact) mass is 1000 g/mol. The average Bonchev–Trinajstić information content (AvgIpc) is 3.37. The number of allylic oxidation sites excluding steroid dienone is 3. The van der Waals surface area contributed by atoms with Gasteiger partial charge >= 0.3 is 5.97 Å². The summed E-state index contributed by atoms with van der Waals surface area (Å²) in [6.07, 6.45) is 75.2. The van der Waals surface area contributed by atoms with E-state index in [4.69, 9.17) is 4.74 Å². The van der Waals surface area contributed by atoms with Gasteiger partial charge in [0.2, 0.25) is 5.91 Å². The fraction of sp³-hybridized carbons (Fsp3) is 0.908. The molecule has 0 aromatic carbocycles. The minimum absolute atomic E-state index is 0.0171. The Kier molecular flexibility index (Phi) is 59.5. The Morgan fingerprint density at radius 1 is 0.380 bits per heavy atom. The summed E-state index contributed by atoms with van der Waals surface area (Å²) in [6.45, 7) is 4.91. The van der Waals surface area contributed by atoms with Crippen molar-refractivity contribution in [2.24, 2.45) is 0 Å². The fourth-order valence-electron chi connectivity index (χ4n) is 10.0. The largest absolute Gasteiger partial charge is 0.466 e. The molecule has 0 spiro atoms. The lowest BCUT2D eigenvalue weighted by molar-refractivity contribution is -0.143. The quantitative estimate of drug-likeness (QED) is 0.0320. The van der Waals surface area contributed by atoms with Gasteiger partial charge in [0.15, 0.2) is 0 Å².